The maximum Gasteiger partial charge on any atom is 0.227 e. The zero-order valence-electron chi connectivity index (χ0n) is 14.8. The van der Waals surface area contributed by atoms with Crippen LogP contribution >= 0.6 is 0 Å². The first-order valence-electron chi connectivity index (χ1n) is 8.97. The van der Waals surface area contributed by atoms with Crippen molar-refractivity contribution in [1.82, 2.24) is 19.7 Å². The lowest BCUT2D eigenvalue weighted by atomic mass is 10.1. The zero-order chi connectivity index (χ0) is 17.9. The molecule has 0 spiro atoms. The van der Waals surface area contributed by atoms with Gasteiger partial charge in [0.15, 0.2) is 5.65 Å². The summed E-state index contributed by atoms with van der Waals surface area (Å²) in [6.07, 6.45) is 7.73. The average molecular weight is 350 g/mol. The molecule has 2 heterocycles. The molecule has 0 atom stereocenters. The Balaban J connectivity index is 1.44. The molecule has 2 aromatic heterocycles. The minimum Gasteiger partial charge on any atom is -0.365 e. The summed E-state index contributed by atoms with van der Waals surface area (Å²) < 4.78 is 1.73. The fourth-order valence-corrected chi connectivity index (χ4v) is 3.47. The van der Waals surface area contributed by atoms with E-state index in [4.69, 9.17) is 0 Å². The number of aromatic nitrogens is 4. The largest absolute Gasteiger partial charge is 0.365 e. The summed E-state index contributed by atoms with van der Waals surface area (Å²) in [7, 11) is 1.86. The molecule has 1 amide bonds. The number of carbonyl (C=O) groups excluding carboxylic acids is 1. The first kappa shape index (κ1) is 16.5. The summed E-state index contributed by atoms with van der Waals surface area (Å²) in [5.74, 6) is 1.06. The number of hydrogen-bond donors (Lipinski definition) is 2. The lowest BCUT2D eigenvalue weighted by Gasteiger charge is -2.12. The van der Waals surface area contributed by atoms with Crippen molar-refractivity contribution in [3.8, 4) is 0 Å². The van der Waals surface area contributed by atoms with Gasteiger partial charge in [0.1, 0.15) is 12.1 Å². The van der Waals surface area contributed by atoms with Crippen molar-refractivity contribution in [2.75, 3.05) is 10.6 Å². The van der Waals surface area contributed by atoms with E-state index in [2.05, 4.69) is 25.7 Å². The molecule has 4 rings (SSSR count). The van der Waals surface area contributed by atoms with Gasteiger partial charge < -0.3 is 10.6 Å². The summed E-state index contributed by atoms with van der Waals surface area (Å²) >= 11 is 0. The van der Waals surface area contributed by atoms with Gasteiger partial charge in [0.25, 0.3) is 0 Å². The molecule has 3 aromatic rings. The molecule has 1 aliphatic carbocycles. The molecule has 1 saturated carbocycles. The molecule has 0 radical (unpaired) electrons. The van der Waals surface area contributed by atoms with Crippen LogP contribution in [0.2, 0.25) is 0 Å². The Bertz CT molecular complexity index is 929. The van der Waals surface area contributed by atoms with E-state index in [0.29, 0.717) is 12.2 Å². The highest BCUT2D eigenvalue weighted by atomic mass is 16.1. The molecule has 2 N–H and O–H groups in total. The van der Waals surface area contributed by atoms with Gasteiger partial charge in [0.2, 0.25) is 5.91 Å². The number of fused-ring (bicyclic) bond motifs is 1. The van der Waals surface area contributed by atoms with Crippen LogP contribution in [0.4, 0.5) is 11.5 Å². The van der Waals surface area contributed by atoms with Gasteiger partial charge in [0.05, 0.1) is 5.39 Å². The second kappa shape index (κ2) is 7.11. The minimum atomic E-state index is 0.139. The second-order valence-corrected chi connectivity index (χ2v) is 6.79. The van der Waals surface area contributed by atoms with E-state index in [9.17, 15) is 4.79 Å². The molecule has 0 bridgehead atoms. The van der Waals surface area contributed by atoms with Gasteiger partial charge in [-0.05, 0) is 30.5 Å². The predicted molar refractivity (Wildman–Crippen MR) is 101 cm³/mol. The number of carbonyl (C=O) groups is 1. The van der Waals surface area contributed by atoms with Crippen LogP contribution in [0.15, 0.2) is 36.8 Å². The third-order valence-electron chi connectivity index (χ3n) is 4.81. The Hall–Kier alpha value is -2.96. The van der Waals surface area contributed by atoms with E-state index in [1.807, 2.05) is 37.5 Å². The molecule has 134 valence electrons. The fourth-order valence-electron chi connectivity index (χ4n) is 3.47. The van der Waals surface area contributed by atoms with Gasteiger partial charge in [-0.15, -0.1) is 0 Å². The number of benzene rings is 1. The molecule has 0 unspecified atom stereocenters. The highest BCUT2D eigenvalue weighted by Crippen LogP contribution is 2.26. The van der Waals surface area contributed by atoms with Crippen molar-refractivity contribution in [2.24, 2.45) is 13.0 Å². The third kappa shape index (κ3) is 3.51. The molecule has 0 aliphatic heterocycles. The van der Waals surface area contributed by atoms with E-state index in [0.717, 1.165) is 48.1 Å². The molecular formula is C19H22N6O. The number of anilines is 2. The maximum absolute atomic E-state index is 12.3. The van der Waals surface area contributed by atoms with Gasteiger partial charge >= 0.3 is 0 Å². The van der Waals surface area contributed by atoms with Gasteiger partial charge in [-0.1, -0.05) is 25.0 Å². The van der Waals surface area contributed by atoms with Crippen molar-refractivity contribution in [1.29, 1.82) is 0 Å². The molecule has 7 heteroatoms. The van der Waals surface area contributed by atoms with Crippen LogP contribution in [0.3, 0.4) is 0 Å². The number of nitrogens with one attached hydrogen (secondary N) is 2. The summed E-state index contributed by atoms with van der Waals surface area (Å²) in [4.78, 5) is 20.8. The number of aryl methyl sites for hydroxylation is 1. The van der Waals surface area contributed by atoms with Crippen molar-refractivity contribution < 1.29 is 4.79 Å². The fraction of sp³-hybridized carbons (Fsp3) is 0.368. The first-order valence-corrected chi connectivity index (χ1v) is 8.97. The van der Waals surface area contributed by atoms with Crippen molar-refractivity contribution in [2.45, 2.75) is 32.2 Å². The first-order chi connectivity index (χ1) is 12.7. The number of hydrogen-bond acceptors (Lipinski definition) is 5. The highest BCUT2D eigenvalue weighted by Gasteiger charge is 2.22. The molecular weight excluding hydrogens is 328 g/mol. The van der Waals surface area contributed by atoms with E-state index in [1.165, 1.54) is 6.33 Å². The summed E-state index contributed by atoms with van der Waals surface area (Å²) in [5.41, 5.74) is 2.59. The Morgan fingerprint density at radius 2 is 2.12 bits per heavy atom. The number of amides is 1. The van der Waals surface area contributed by atoms with Crippen LogP contribution in [0, 0.1) is 5.92 Å². The van der Waals surface area contributed by atoms with Crippen LogP contribution in [0.1, 0.15) is 31.2 Å². The molecule has 1 aromatic carbocycles. The standard InChI is InChI=1S/C19H22N6O/c1-25-11-16-17(21-12-22-18(16)24-25)20-10-13-5-4-8-15(9-13)23-19(26)14-6-2-3-7-14/h4-5,8-9,11-12,14H,2-3,6-7,10H2,1H3,(H,23,26)(H,20,21,22,24). The lowest BCUT2D eigenvalue weighted by Crippen LogP contribution is -2.20. The van der Waals surface area contributed by atoms with E-state index in [-0.39, 0.29) is 11.8 Å². The molecule has 7 nitrogen and oxygen atoms in total. The van der Waals surface area contributed by atoms with E-state index >= 15 is 0 Å². The van der Waals surface area contributed by atoms with Gasteiger partial charge in [-0.2, -0.15) is 5.10 Å². The topological polar surface area (TPSA) is 84.7 Å². The van der Waals surface area contributed by atoms with Crippen molar-refractivity contribution in [3.05, 3.63) is 42.4 Å². The monoisotopic (exact) mass is 350 g/mol. The Kier molecular flexibility index (Phi) is 4.51. The Morgan fingerprint density at radius 3 is 2.96 bits per heavy atom. The van der Waals surface area contributed by atoms with Crippen LogP contribution in [-0.2, 0) is 18.4 Å². The van der Waals surface area contributed by atoms with E-state index < -0.39 is 0 Å². The van der Waals surface area contributed by atoms with E-state index in [1.54, 1.807) is 4.68 Å². The van der Waals surface area contributed by atoms with Gasteiger partial charge in [-0.25, -0.2) is 9.97 Å². The van der Waals surface area contributed by atoms with Crippen molar-refractivity contribution in [3.63, 3.8) is 0 Å². The van der Waals surface area contributed by atoms with Crippen LogP contribution in [0.25, 0.3) is 11.0 Å². The quantitative estimate of drug-likeness (QED) is 0.738. The third-order valence-corrected chi connectivity index (χ3v) is 4.81. The van der Waals surface area contributed by atoms with Gasteiger partial charge in [0, 0.05) is 31.4 Å². The lowest BCUT2D eigenvalue weighted by molar-refractivity contribution is -0.119. The minimum absolute atomic E-state index is 0.139. The second-order valence-electron chi connectivity index (χ2n) is 6.79. The Labute approximate surface area is 151 Å². The summed E-state index contributed by atoms with van der Waals surface area (Å²) in [6.45, 7) is 0.605. The molecule has 1 aliphatic rings. The summed E-state index contributed by atoms with van der Waals surface area (Å²) in [6, 6.07) is 7.92. The normalized spacial score (nSPS) is 14.7. The predicted octanol–water partition coefficient (Wildman–Crippen LogP) is 3.10. The van der Waals surface area contributed by atoms with Crippen LogP contribution in [0.5, 0.6) is 0 Å². The summed E-state index contributed by atoms with van der Waals surface area (Å²) in [5, 5.41) is 11.6. The molecule has 1 fully saturated rings. The Morgan fingerprint density at radius 1 is 1.27 bits per heavy atom. The smallest absolute Gasteiger partial charge is 0.227 e. The number of nitrogens with zero attached hydrogens (tertiary/aromatic N) is 4. The van der Waals surface area contributed by atoms with Crippen molar-refractivity contribution >= 4 is 28.4 Å². The zero-order valence-corrected chi connectivity index (χ0v) is 14.8. The van der Waals surface area contributed by atoms with Crippen LogP contribution < -0.4 is 10.6 Å². The maximum atomic E-state index is 12.3. The van der Waals surface area contributed by atoms with Crippen LogP contribution in [-0.4, -0.2) is 25.7 Å². The highest BCUT2D eigenvalue weighted by molar-refractivity contribution is 5.92. The number of rotatable bonds is 5. The molecule has 0 saturated heterocycles. The molecule has 26 heavy (non-hydrogen) atoms. The average Bonchev–Trinajstić information content (AvgIpc) is 3.29. The van der Waals surface area contributed by atoms with Gasteiger partial charge in [-0.3, -0.25) is 9.48 Å². The SMILES string of the molecule is Cn1cc2c(NCc3cccc(NC(=O)C4CCCC4)c3)ncnc2n1.